The van der Waals surface area contributed by atoms with Gasteiger partial charge in [0.05, 0.1) is 18.0 Å². The Morgan fingerprint density at radius 3 is 2.54 bits per heavy atom. The maximum atomic E-state index is 13.1. The van der Waals surface area contributed by atoms with E-state index in [1.807, 2.05) is 0 Å². The number of halogens is 1. The Morgan fingerprint density at radius 1 is 1.14 bits per heavy atom. The third-order valence-electron chi connectivity index (χ3n) is 5.66. The Kier molecular flexibility index (Phi) is 5.62. The summed E-state index contributed by atoms with van der Waals surface area (Å²) in [5.41, 5.74) is 0.924. The molecule has 0 saturated carbocycles. The molecule has 1 aliphatic heterocycles. The number of amides is 1. The number of aliphatic imine (C=N–C) groups is 1. The zero-order chi connectivity index (χ0) is 24.7. The van der Waals surface area contributed by atoms with Crippen LogP contribution in [-0.4, -0.2) is 31.6 Å². The Hall–Kier alpha value is -4.37. The minimum atomic E-state index is -0.731. The first kappa shape index (κ1) is 22.4. The topological polar surface area (TPSA) is 130 Å². The highest BCUT2D eigenvalue weighted by Gasteiger charge is 2.32. The molecule has 0 bridgehead atoms. The number of aromatic nitrogens is 2. The molecule has 10 heteroatoms. The van der Waals surface area contributed by atoms with Crippen molar-refractivity contribution in [2.75, 3.05) is 5.32 Å². The van der Waals surface area contributed by atoms with Crippen LogP contribution in [0.4, 0.5) is 11.5 Å². The van der Waals surface area contributed by atoms with Crippen molar-refractivity contribution in [1.29, 1.82) is 0 Å². The molecule has 2 aromatic carbocycles. The van der Waals surface area contributed by atoms with E-state index in [1.165, 1.54) is 24.4 Å². The van der Waals surface area contributed by atoms with Gasteiger partial charge in [-0.1, -0.05) is 23.7 Å². The number of benzene rings is 2. The van der Waals surface area contributed by atoms with E-state index >= 15 is 0 Å². The van der Waals surface area contributed by atoms with Gasteiger partial charge in [-0.2, -0.15) is 5.10 Å². The molecule has 0 aliphatic carbocycles. The average molecular weight is 491 g/mol. The summed E-state index contributed by atoms with van der Waals surface area (Å²) < 4.78 is 6.78. The van der Waals surface area contributed by atoms with Crippen molar-refractivity contribution in [2.45, 2.75) is 19.4 Å². The number of carbonyl (C=O) groups is 1. The molecule has 1 aliphatic rings. The molecule has 3 N–H and O–H groups in total. The van der Waals surface area contributed by atoms with Gasteiger partial charge in [-0.3, -0.25) is 4.79 Å². The van der Waals surface area contributed by atoms with Crippen molar-refractivity contribution in [1.82, 2.24) is 9.78 Å². The van der Waals surface area contributed by atoms with Crippen molar-refractivity contribution >= 4 is 34.7 Å². The first-order valence-corrected chi connectivity index (χ1v) is 11.0. The van der Waals surface area contributed by atoms with Gasteiger partial charge >= 0.3 is 5.63 Å². The van der Waals surface area contributed by atoms with E-state index < -0.39 is 17.6 Å². The number of hydrogen-bond acceptors (Lipinski definition) is 7. The van der Waals surface area contributed by atoms with Gasteiger partial charge < -0.3 is 19.9 Å². The molecular weight excluding hydrogens is 472 g/mol. The number of rotatable bonds is 4. The average Bonchev–Trinajstić information content (AvgIpc) is 3.24. The molecule has 0 fully saturated rings. The highest BCUT2D eigenvalue weighted by molar-refractivity contribution is 6.30. The summed E-state index contributed by atoms with van der Waals surface area (Å²) in [5.74, 6) is -0.143. The summed E-state index contributed by atoms with van der Waals surface area (Å²) in [4.78, 5) is 30.3. The molecule has 4 aromatic rings. The summed E-state index contributed by atoms with van der Waals surface area (Å²) in [6.45, 7) is 1.56. The molecule has 2 aromatic heterocycles. The summed E-state index contributed by atoms with van der Waals surface area (Å²) in [7, 11) is 0. The van der Waals surface area contributed by atoms with Crippen molar-refractivity contribution in [2.24, 2.45) is 4.99 Å². The first-order valence-electron chi connectivity index (χ1n) is 10.6. The van der Waals surface area contributed by atoms with Crippen LogP contribution in [0.2, 0.25) is 5.02 Å². The second kappa shape index (κ2) is 8.77. The lowest BCUT2D eigenvalue weighted by Crippen LogP contribution is -2.25. The Bertz CT molecular complexity index is 1520. The largest absolute Gasteiger partial charge is 0.508 e. The Balaban J connectivity index is 1.62. The van der Waals surface area contributed by atoms with E-state index in [1.54, 1.807) is 48.0 Å². The first-order chi connectivity index (χ1) is 16.8. The van der Waals surface area contributed by atoms with Crippen LogP contribution in [-0.2, 0) is 0 Å². The molecule has 1 atom stereocenters. The quantitative estimate of drug-likeness (QED) is 0.384. The van der Waals surface area contributed by atoms with Gasteiger partial charge in [0.15, 0.2) is 5.82 Å². The molecule has 176 valence electrons. The van der Waals surface area contributed by atoms with E-state index in [0.29, 0.717) is 10.7 Å². The molecular formula is C25H19ClN4O5. The van der Waals surface area contributed by atoms with Crippen LogP contribution in [0.15, 0.2) is 75.0 Å². The normalized spacial score (nSPS) is 14.8. The van der Waals surface area contributed by atoms with Crippen molar-refractivity contribution < 1.29 is 19.4 Å². The highest BCUT2D eigenvalue weighted by Crippen LogP contribution is 2.37. The minimum absolute atomic E-state index is 0.0733. The molecule has 1 amide bonds. The van der Waals surface area contributed by atoms with E-state index in [9.17, 15) is 19.8 Å². The summed E-state index contributed by atoms with van der Waals surface area (Å²) in [6.07, 6.45) is 1.59. The van der Waals surface area contributed by atoms with Gasteiger partial charge in [0.25, 0.3) is 5.91 Å². The predicted molar refractivity (Wildman–Crippen MR) is 130 cm³/mol. The van der Waals surface area contributed by atoms with E-state index in [-0.39, 0.29) is 46.3 Å². The van der Waals surface area contributed by atoms with Crippen LogP contribution in [0.25, 0.3) is 0 Å². The SMILES string of the molecule is Cc1cc(O)c(C2=Nc3c(C(=O)Nc4ccc(Cl)cc4)cnn3C(c3ccc(O)cc3)C2)c(=O)o1. The fourth-order valence-corrected chi connectivity index (χ4v) is 4.13. The molecule has 0 spiro atoms. The number of fused-ring (bicyclic) bond motifs is 1. The summed E-state index contributed by atoms with van der Waals surface area (Å²) in [5, 5.41) is 28.0. The van der Waals surface area contributed by atoms with Crippen LogP contribution in [0, 0.1) is 6.92 Å². The fraction of sp³-hybridized carbons (Fsp3) is 0.120. The standard InChI is InChI=1S/C25H19ClN4O5/c1-13-10-21(32)22(25(34)35-13)19-11-20(14-2-8-17(31)9-3-14)30-23(29-19)18(12-27-30)24(33)28-16-6-4-15(26)5-7-16/h2-10,12,20,31-32H,11H2,1H3,(H,28,33). The number of anilines is 1. The number of phenolic OH excluding ortho intramolecular Hbond substituents is 1. The number of nitrogens with one attached hydrogen (secondary N) is 1. The highest BCUT2D eigenvalue weighted by atomic mass is 35.5. The van der Waals surface area contributed by atoms with Gasteiger partial charge in [0, 0.05) is 23.2 Å². The lowest BCUT2D eigenvalue weighted by Gasteiger charge is -2.25. The van der Waals surface area contributed by atoms with Crippen LogP contribution in [0.3, 0.4) is 0 Å². The molecule has 5 rings (SSSR count). The number of aryl methyl sites for hydroxylation is 1. The predicted octanol–water partition coefficient (Wildman–Crippen LogP) is 4.58. The van der Waals surface area contributed by atoms with Crippen LogP contribution in [0.5, 0.6) is 11.5 Å². The summed E-state index contributed by atoms with van der Waals surface area (Å²) >= 11 is 5.92. The van der Waals surface area contributed by atoms with Gasteiger partial charge in [0.1, 0.15) is 28.4 Å². The zero-order valence-corrected chi connectivity index (χ0v) is 19.2. The monoisotopic (exact) mass is 490 g/mol. The third kappa shape index (κ3) is 4.29. The second-order valence-electron chi connectivity index (χ2n) is 8.06. The Morgan fingerprint density at radius 2 is 1.86 bits per heavy atom. The zero-order valence-electron chi connectivity index (χ0n) is 18.4. The lowest BCUT2D eigenvalue weighted by molar-refractivity contribution is 0.102. The molecule has 9 nitrogen and oxygen atoms in total. The number of nitrogens with zero attached hydrogens (tertiary/aromatic N) is 3. The maximum Gasteiger partial charge on any atom is 0.348 e. The summed E-state index contributed by atoms with van der Waals surface area (Å²) in [6, 6.07) is 14.0. The van der Waals surface area contributed by atoms with Gasteiger partial charge in [-0.25, -0.2) is 14.5 Å². The molecule has 0 radical (unpaired) electrons. The Labute approximate surface area is 203 Å². The number of hydrogen-bond donors (Lipinski definition) is 3. The molecule has 3 heterocycles. The van der Waals surface area contributed by atoms with Crippen molar-refractivity contribution in [3.63, 3.8) is 0 Å². The van der Waals surface area contributed by atoms with Crippen molar-refractivity contribution in [3.05, 3.63) is 98.7 Å². The maximum absolute atomic E-state index is 13.1. The van der Waals surface area contributed by atoms with E-state index in [0.717, 1.165) is 5.56 Å². The number of carbonyl (C=O) groups excluding carboxylic acids is 1. The third-order valence-corrected chi connectivity index (χ3v) is 5.91. The molecule has 0 saturated heterocycles. The van der Waals surface area contributed by atoms with E-state index in [4.69, 9.17) is 16.0 Å². The number of phenols is 1. The fourth-order valence-electron chi connectivity index (χ4n) is 4.01. The lowest BCUT2D eigenvalue weighted by atomic mass is 9.96. The van der Waals surface area contributed by atoms with Crippen LogP contribution >= 0.6 is 11.6 Å². The smallest absolute Gasteiger partial charge is 0.348 e. The van der Waals surface area contributed by atoms with Gasteiger partial charge in [0.2, 0.25) is 0 Å². The second-order valence-corrected chi connectivity index (χ2v) is 8.50. The molecule has 1 unspecified atom stereocenters. The van der Waals surface area contributed by atoms with Crippen LogP contribution < -0.4 is 10.9 Å². The van der Waals surface area contributed by atoms with E-state index in [2.05, 4.69) is 15.4 Å². The van der Waals surface area contributed by atoms with Crippen molar-refractivity contribution in [3.8, 4) is 11.5 Å². The molecule has 35 heavy (non-hydrogen) atoms. The number of aromatic hydroxyl groups is 2. The van der Waals surface area contributed by atoms with Gasteiger partial charge in [-0.05, 0) is 48.9 Å². The van der Waals surface area contributed by atoms with Crippen LogP contribution in [0.1, 0.15) is 39.7 Å². The van der Waals surface area contributed by atoms with Gasteiger partial charge in [-0.15, -0.1) is 0 Å². The minimum Gasteiger partial charge on any atom is -0.508 e.